The zero-order valence-electron chi connectivity index (χ0n) is 11.2. The molecule has 0 atom stereocenters. The van der Waals surface area contributed by atoms with E-state index in [4.69, 9.17) is 5.11 Å². The number of hydrogen-bond acceptors (Lipinski definition) is 5. The van der Waals surface area contributed by atoms with E-state index in [1.165, 1.54) is 6.33 Å². The van der Waals surface area contributed by atoms with E-state index in [9.17, 15) is 0 Å². The van der Waals surface area contributed by atoms with Crippen LogP contribution >= 0.6 is 0 Å². The molecule has 0 fully saturated rings. The summed E-state index contributed by atoms with van der Waals surface area (Å²) in [6.45, 7) is 0.649. The van der Waals surface area contributed by atoms with Crippen LogP contribution in [0.25, 0.3) is 0 Å². The van der Waals surface area contributed by atoms with Crippen molar-refractivity contribution in [2.75, 3.05) is 37.0 Å². The molecule has 1 heterocycles. The van der Waals surface area contributed by atoms with E-state index in [0.717, 1.165) is 17.3 Å². The van der Waals surface area contributed by atoms with Crippen LogP contribution in [0.2, 0.25) is 0 Å². The molecule has 0 amide bonds. The number of aliphatic hydroxyl groups is 1. The van der Waals surface area contributed by atoms with Crippen molar-refractivity contribution in [3.8, 4) is 0 Å². The molecule has 0 radical (unpaired) electrons. The number of aromatic nitrogens is 2. The Morgan fingerprint density at radius 3 is 2.42 bits per heavy atom. The Balaban J connectivity index is 2.23. The molecule has 0 saturated carbocycles. The van der Waals surface area contributed by atoms with Crippen LogP contribution in [0.3, 0.4) is 0 Å². The summed E-state index contributed by atoms with van der Waals surface area (Å²) in [6, 6.07) is 11.9. The molecule has 2 aromatic rings. The molecule has 2 rings (SSSR count). The van der Waals surface area contributed by atoms with Crippen LogP contribution < -0.4 is 9.80 Å². The average Bonchev–Trinajstić information content (AvgIpc) is 2.48. The van der Waals surface area contributed by atoms with Gasteiger partial charge in [-0.15, -0.1) is 0 Å². The summed E-state index contributed by atoms with van der Waals surface area (Å²) in [4.78, 5) is 12.4. The van der Waals surface area contributed by atoms with Crippen LogP contribution in [0.5, 0.6) is 0 Å². The summed E-state index contributed by atoms with van der Waals surface area (Å²) >= 11 is 0. The van der Waals surface area contributed by atoms with Crippen molar-refractivity contribution in [1.82, 2.24) is 9.97 Å². The molecule has 0 aliphatic heterocycles. The van der Waals surface area contributed by atoms with Gasteiger partial charge >= 0.3 is 0 Å². The molecule has 100 valence electrons. The molecular weight excluding hydrogens is 240 g/mol. The zero-order chi connectivity index (χ0) is 13.7. The molecule has 19 heavy (non-hydrogen) atoms. The van der Waals surface area contributed by atoms with Gasteiger partial charge in [0.15, 0.2) is 0 Å². The minimum absolute atomic E-state index is 0.102. The molecule has 0 aliphatic carbocycles. The van der Waals surface area contributed by atoms with Gasteiger partial charge in [-0.25, -0.2) is 9.97 Å². The lowest BCUT2D eigenvalue weighted by atomic mass is 10.3. The van der Waals surface area contributed by atoms with Crippen molar-refractivity contribution in [3.05, 3.63) is 42.7 Å². The smallest absolute Gasteiger partial charge is 0.138 e. The van der Waals surface area contributed by atoms with Gasteiger partial charge in [0.2, 0.25) is 0 Å². The Morgan fingerprint density at radius 2 is 1.74 bits per heavy atom. The Labute approximate surface area is 113 Å². The fourth-order valence-electron chi connectivity index (χ4n) is 1.78. The Morgan fingerprint density at radius 1 is 1.05 bits per heavy atom. The topological polar surface area (TPSA) is 52.5 Å². The van der Waals surface area contributed by atoms with Crippen LogP contribution in [0.1, 0.15) is 0 Å². The van der Waals surface area contributed by atoms with Gasteiger partial charge in [-0.3, -0.25) is 0 Å². The van der Waals surface area contributed by atoms with Crippen molar-refractivity contribution in [3.63, 3.8) is 0 Å². The van der Waals surface area contributed by atoms with Gasteiger partial charge < -0.3 is 14.9 Å². The summed E-state index contributed by atoms with van der Waals surface area (Å²) in [5, 5.41) is 8.96. The molecule has 0 bridgehead atoms. The van der Waals surface area contributed by atoms with Gasteiger partial charge in [0.05, 0.1) is 6.61 Å². The van der Waals surface area contributed by atoms with Gasteiger partial charge in [-0.2, -0.15) is 0 Å². The van der Waals surface area contributed by atoms with Crippen molar-refractivity contribution >= 4 is 17.3 Å². The summed E-state index contributed by atoms with van der Waals surface area (Å²) in [7, 11) is 3.86. The standard InChI is InChI=1S/C14H18N4O/c1-17(8-9-19)13-10-14(16-11-15-13)18(2)12-6-4-3-5-7-12/h3-7,10-11,19H,8-9H2,1-2H3. The first kappa shape index (κ1) is 13.3. The minimum atomic E-state index is 0.102. The number of para-hydroxylation sites is 1. The molecule has 5 heteroatoms. The van der Waals surface area contributed by atoms with Crippen molar-refractivity contribution in [2.24, 2.45) is 0 Å². The second-order valence-corrected chi connectivity index (χ2v) is 4.27. The molecule has 1 aromatic heterocycles. The lowest BCUT2D eigenvalue weighted by molar-refractivity contribution is 0.304. The van der Waals surface area contributed by atoms with E-state index in [1.807, 2.05) is 60.3 Å². The third kappa shape index (κ3) is 3.20. The Hall–Kier alpha value is -2.14. The van der Waals surface area contributed by atoms with Crippen LogP contribution in [-0.4, -0.2) is 42.3 Å². The molecule has 0 spiro atoms. The van der Waals surface area contributed by atoms with E-state index < -0.39 is 0 Å². The molecule has 0 saturated heterocycles. The quantitative estimate of drug-likeness (QED) is 0.884. The van der Waals surface area contributed by atoms with Crippen molar-refractivity contribution in [2.45, 2.75) is 0 Å². The number of nitrogens with zero attached hydrogens (tertiary/aromatic N) is 4. The molecule has 1 N–H and O–H groups in total. The first-order valence-corrected chi connectivity index (χ1v) is 6.15. The highest BCUT2D eigenvalue weighted by Crippen LogP contribution is 2.23. The first-order chi connectivity index (χ1) is 9.22. The maximum Gasteiger partial charge on any atom is 0.138 e. The SMILES string of the molecule is CN(CCO)c1cc(N(C)c2ccccc2)ncn1. The lowest BCUT2D eigenvalue weighted by Crippen LogP contribution is -2.23. The largest absolute Gasteiger partial charge is 0.395 e. The second-order valence-electron chi connectivity index (χ2n) is 4.27. The van der Waals surface area contributed by atoms with Crippen LogP contribution in [0.4, 0.5) is 17.3 Å². The minimum Gasteiger partial charge on any atom is -0.395 e. The van der Waals surface area contributed by atoms with Crippen LogP contribution in [-0.2, 0) is 0 Å². The van der Waals surface area contributed by atoms with Crippen molar-refractivity contribution < 1.29 is 5.11 Å². The summed E-state index contributed by atoms with van der Waals surface area (Å²) in [5.74, 6) is 1.61. The van der Waals surface area contributed by atoms with Gasteiger partial charge in [0, 0.05) is 32.4 Å². The zero-order valence-corrected chi connectivity index (χ0v) is 11.2. The second kappa shape index (κ2) is 6.15. The van der Waals surface area contributed by atoms with Gasteiger partial charge in [-0.05, 0) is 12.1 Å². The first-order valence-electron chi connectivity index (χ1n) is 6.15. The number of rotatable bonds is 5. The number of likely N-dealkylation sites (N-methyl/N-ethyl adjacent to an activating group) is 1. The predicted molar refractivity (Wildman–Crippen MR) is 76.9 cm³/mol. The maximum atomic E-state index is 8.96. The molecular formula is C14H18N4O. The maximum absolute atomic E-state index is 8.96. The highest BCUT2D eigenvalue weighted by Gasteiger charge is 2.08. The lowest BCUT2D eigenvalue weighted by Gasteiger charge is -2.21. The predicted octanol–water partition coefficient (Wildman–Crippen LogP) is 1.67. The van der Waals surface area contributed by atoms with Crippen LogP contribution in [0, 0.1) is 0 Å². The van der Waals surface area contributed by atoms with E-state index in [-0.39, 0.29) is 6.61 Å². The van der Waals surface area contributed by atoms with E-state index in [1.54, 1.807) is 0 Å². The number of aliphatic hydroxyl groups excluding tert-OH is 1. The summed E-state index contributed by atoms with van der Waals surface area (Å²) in [6.07, 6.45) is 1.54. The molecule has 1 aromatic carbocycles. The van der Waals surface area contributed by atoms with Crippen LogP contribution in [0.15, 0.2) is 42.7 Å². The third-order valence-electron chi connectivity index (χ3n) is 2.95. The number of benzene rings is 1. The fourth-order valence-corrected chi connectivity index (χ4v) is 1.78. The highest BCUT2D eigenvalue weighted by atomic mass is 16.3. The highest BCUT2D eigenvalue weighted by molar-refractivity contribution is 5.61. The fraction of sp³-hybridized carbons (Fsp3) is 0.286. The number of hydrogen-bond donors (Lipinski definition) is 1. The summed E-state index contributed by atoms with van der Waals surface area (Å²) < 4.78 is 0. The Bertz CT molecular complexity index is 518. The molecule has 5 nitrogen and oxygen atoms in total. The summed E-state index contributed by atoms with van der Waals surface area (Å²) in [5.41, 5.74) is 1.07. The number of anilines is 3. The molecule has 0 unspecified atom stereocenters. The monoisotopic (exact) mass is 258 g/mol. The van der Waals surface area contributed by atoms with E-state index >= 15 is 0 Å². The van der Waals surface area contributed by atoms with Gasteiger partial charge in [0.1, 0.15) is 18.0 Å². The normalized spacial score (nSPS) is 10.3. The van der Waals surface area contributed by atoms with E-state index in [2.05, 4.69) is 9.97 Å². The van der Waals surface area contributed by atoms with Gasteiger partial charge in [0.25, 0.3) is 0 Å². The van der Waals surface area contributed by atoms with Gasteiger partial charge in [-0.1, -0.05) is 18.2 Å². The van der Waals surface area contributed by atoms with Crippen molar-refractivity contribution in [1.29, 1.82) is 0 Å². The third-order valence-corrected chi connectivity index (χ3v) is 2.95. The molecule has 0 aliphatic rings. The van der Waals surface area contributed by atoms with E-state index in [0.29, 0.717) is 6.54 Å². The Kier molecular flexibility index (Phi) is 4.30. The average molecular weight is 258 g/mol.